The van der Waals surface area contributed by atoms with Crippen molar-refractivity contribution >= 4 is 17.5 Å². The number of halogens is 2. The molecule has 0 N–H and O–H groups in total. The second-order valence-corrected chi connectivity index (χ2v) is 8.07. The van der Waals surface area contributed by atoms with Crippen molar-refractivity contribution in [2.75, 3.05) is 13.2 Å². The van der Waals surface area contributed by atoms with Crippen molar-refractivity contribution in [3.05, 3.63) is 71.4 Å². The maximum atomic E-state index is 13.5. The molecule has 6 nitrogen and oxygen atoms in total. The highest BCUT2D eigenvalue weighted by molar-refractivity contribution is 6.31. The van der Waals surface area contributed by atoms with E-state index in [-0.39, 0.29) is 17.9 Å². The highest BCUT2D eigenvalue weighted by Gasteiger charge is 2.31. The van der Waals surface area contributed by atoms with Gasteiger partial charge in [0.1, 0.15) is 5.82 Å². The van der Waals surface area contributed by atoms with E-state index in [4.69, 9.17) is 16.3 Å². The molecule has 1 aliphatic heterocycles. The second kappa shape index (κ2) is 9.39. The lowest BCUT2D eigenvalue weighted by molar-refractivity contribution is 0.0503. The van der Waals surface area contributed by atoms with Crippen LogP contribution in [-0.2, 0) is 0 Å². The zero-order chi connectivity index (χ0) is 21.8. The lowest BCUT2D eigenvalue weighted by atomic mass is 9.92. The van der Waals surface area contributed by atoms with E-state index in [0.717, 1.165) is 19.0 Å². The monoisotopic (exact) mass is 440 g/mol. The van der Waals surface area contributed by atoms with Gasteiger partial charge in [0.25, 0.3) is 5.91 Å². The first-order valence-electron chi connectivity index (χ1n) is 10.1. The number of carbonyl (C=O) groups excluding carboxylic acids is 1. The lowest BCUT2D eigenvalue weighted by Crippen LogP contribution is -2.47. The first kappa shape index (κ1) is 21.2. The molecule has 2 aromatic heterocycles. The number of piperidine rings is 1. The molecule has 1 saturated heterocycles. The number of hydrogen-bond donors (Lipinski definition) is 0. The van der Waals surface area contributed by atoms with Crippen molar-refractivity contribution in [1.82, 2.24) is 19.9 Å². The van der Waals surface area contributed by atoms with E-state index in [9.17, 15) is 9.18 Å². The quantitative estimate of drug-likeness (QED) is 0.577. The summed E-state index contributed by atoms with van der Waals surface area (Å²) in [5.41, 5.74) is 1.13. The molecule has 0 aliphatic carbocycles. The van der Waals surface area contributed by atoms with Gasteiger partial charge in [-0.3, -0.25) is 4.79 Å². The molecule has 0 bridgehead atoms. The van der Waals surface area contributed by atoms with Gasteiger partial charge in [-0.1, -0.05) is 11.6 Å². The molecule has 2 unspecified atom stereocenters. The predicted octanol–water partition coefficient (Wildman–Crippen LogP) is 4.65. The molecule has 0 spiro atoms. The van der Waals surface area contributed by atoms with Gasteiger partial charge in [-0.2, -0.15) is 0 Å². The van der Waals surface area contributed by atoms with Crippen molar-refractivity contribution in [1.29, 1.82) is 0 Å². The SMILES string of the molecule is CC1CCC(COc2ccc(F)cn2)CN1C(=O)c1cc(Cl)ccc1-c1ncccn1. The van der Waals surface area contributed by atoms with Crippen LogP contribution in [0.5, 0.6) is 5.88 Å². The maximum Gasteiger partial charge on any atom is 0.254 e. The Labute approximate surface area is 185 Å². The van der Waals surface area contributed by atoms with Gasteiger partial charge in [0.2, 0.25) is 5.88 Å². The van der Waals surface area contributed by atoms with Crippen LogP contribution in [0.3, 0.4) is 0 Å². The zero-order valence-electron chi connectivity index (χ0n) is 17.0. The van der Waals surface area contributed by atoms with Crippen LogP contribution in [0.1, 0.15) is 30.1 Å². The molecular formula is C23H22ClFN4O2. The Morgan fingerprint density at radius 3 is 2.74 bits per heavy atom. The summed E-state index contributed by atoms with van der Waals surface area (Å²) in [6, 6.07) is 9.81. The van der Waals surface area contributed by atoms with Gasteiger partial charge in [0, 0.05) is 47.6 Å². The molecule has 31 heavy (non-hydrogen) atoms. The van der Waals surface area contributed by atoms with Crippen LogP contribution in [0.4, 0.5) is 4.39 Å². The fourth-order valence-corrected chi connectivity index (χ4v) is 3.91. The number of hydrogen-bond acceptors (Lipinski definition) is 5. The van der Waals surface area contributed by atoms with Gasteiger partial charge in [-0.25, -0.2) is 19.3 Å². The number of aromatic nitrogens is 3. The van der Waals surface area contributed by atoms with E-state index in [2.05, 4.69) is 15.0 Å². The Bertz CT molecular complexity index is 1050. The minimum Gasteiger partial charge on any atom is -0.477 e. The van der Waals surface area contributed by atoms with E-state index in [0.29, 0.717) is 41.0 Å². The normalized spacial score (nSPS) is 18.6. The van der Waals surface area contributed by atoms with Crippen LogP contribution in [0.25, 0.3) is 11.4 Å². The molecule has 1 aliphatic rings. The molecule has 3 heterocycles. The van der Waals surface area contributed by atoms with Crippen molar-refractivity contribution in [3.8, 4) is 17.3 Å². The van der Waals surface area contributed by atoms with Crippen LogP contribution in [0.2, 0.25) is 5.02 Å². The first-order valence-corrected chi connectivity index (χ1v) is 10.5. The highest BCUT2D eigenvalue weighted by Crippen LogP contribution is 2.29. The minimum absolute atomic E-state index is 0.0798. The van der Waals surface area contributed by atoms with Crippen LogP contribution >= 0.6 is 11.6 Å². The fraction of sp³-hybridized carbons (Fsp3) is 0.304. The third kappa shape index (κ3) is 4.99. The lowest BCUT2D eigenvalue weighted by Gasteiger charge is -2.38. The topological polar surface area (TPSA) is 68.2 Å². The Balaban J connectivity index is 1.52. The summed E-state index contributed by atoms with van der Waals surface area (Å²) in [6.07, 6.45) is 6.20. The number of nitrogens with zero attached hydrogens (tertiary/aromatic N) is 4. The molecule has 8 heteroatoms. The zero-order valence-corrected chi connectivity index (χ0v) is 17.8. The molecule has 2 atom stereocenters. The largest absolute Gasteiger partial charge is 0.477 e. The minimum atomic E-state index is -0.407. The first-order chi connectivity index (χ1) is 15.0. The average molecular weight is 441 g/mol. The average Bonchev–Trinajstić information content (AvgIpc) is 2.79. The summed E-state index contributed by atoms with van der Waals surface area (Å²) in [7, 11) is 0. The van der Waals surface area contributed by atoms with E-state index in [1.165, 1.54) is 12.1 Å². The van der Waals surface area contributed by atoms with Gasteiger partial charge >= 0.3 is 0 Å². The number of benzene rings is 1. The predicted molar refractivity (Wildman–Crippen MR) is 115 cm³/mol. The van der Waals surface area contributed by atoms with Gasteiger partial charge in [0.15, 0.2) is 5.82 Å². The summed E-state index contributed by atoms with van der Waals surface area (Å²) < 4.78 is 18.8. The molecule has 1 fully saturated rings. The summed E-state index contributed by atoms with van der Waals surface area (Å²) in [5, 5.41) is 0.481. The third-order valence-corrected chi connectivity index (χ3v) is 5.66. The summed E-state index contributed by atoms with van der Waals surface area (Å²) in [5.74, 6) is 0.478. The number of rotatable bonds is 5. The van der Waals surface area contributed by atoms with Crippen molar-refractivity contribution < 1.29 is 13.9 Å². The maximum absolute atomic E-state index is 13.5. The van der Waals surface area contributed by atoms with Crippen molar-refractivity contribution in [2.45, 2.75) is 25.8 Å². The molecule has 4 rings (SSSR count). The second-order valence-electron chi connectivity index (χ2n) is 7.64. The summed E-state index contributed by atoms with van der Waals surface area (Å²) in [4.78, 5) is 27.9. The van der Waals surface area contributed by atoms with Crippen LogP contribution in [0.15, 0.2) is 55.0 Å². The Morgan fingerprint density at radius 2 is 2.00 bits per heavy atom. The number of likely N-dealkylation sites (tertiary alicyclic amines) is 1. The number of ether oxygens (including phenoxy) is 1. The fourth-order valence-electron chi connectivity index (χ4n) is 3.73. The smallest absolute Gasteiger partial charge is 0.254 e. The number of pyridine rings is 1. The molecule has 1 amide bonds. The van der Waals surface area contributed by atoms with E-state index in [1.807, 2.05) is 11.8 Å². The Hall–Kier alpha value is -3.06. The van der Waals surface area contributed by atoms with Gasteiger partial charge in [0.05, 0.1) is 18.4 Å². The molecular weight excluding hydrogens is 419 g/mol. The van der Waals surface area contributed by atoms with Gasteiger partial charge in [-0.15, -0.1) is 0 Å². The third-order valence-electron chi connectivity index (χ3n) is 5.43. The van der Waals surface area contributed by atoms with E-state index in [1.54, 1.807) is 36.7 Å². The van der Waals surface area contributed by atoms with Crippen LogP contribution in [-0.4, -0.2) is 45.0 Å². The number of amides is 1. The summed E-state index contributed by atoms with van der Waals surface area (Å²) in [6.45, 7) is 2.99. The standard InChI is InChI=1S/C23H22ClFN4O2/c1-15-3-4-16(14-31-21-8-6-18(25)12-28-21)13-29(15)23(30)20-11-17(24)5-7-19(20)22-26-9-2-10-27-22/h2,5-12,15-16H,3-4,13-14H2,1H3. The van der Waals surface area contributed by atoms with Crippen LogP contribution in [0, 0.1) is 11.7 Å². The Morgan fingerprint density at radius 1 is 1.19 bits per heavy atom. The highest BCUT2D eigenvalue weighted by atomic mass is 35.5. The van der Waals surface area contributed by atoms with E-state index >= 15 is 0 Å². The molecule has 1 aromatic carbocycles. The molecule has 0 saturated carbocycles. The number of carbonyl (C=O) groups is 1. The van der Waals surface area contributed by atoms with Gasteiger partial charge < -0.3 is 9.64 Å². The van der Waals surface area contributed by atoms with Crippen LogP contribution < -0.4 is 4.74 Å². The Kier molecular flexibility index (Phi) is 6.42. The molecule has 0 radical (unpaired) electrons. The van der Waals surface area contributed by atoms with Crippen molar-refractivity contribution in [3.63, 3.8) is 0 Å². The summed E-state index contributed by atoms with van der Waals surface area (Å²) >= 11 is 6.22. The molecule has 3 aromatic rings. The van der Waals surface area contributed by atoms with E-state index < -0.39 is 5.82 Å². The molecule has 160 valence electrons. The van der Waals surface area contributed by atoms with Crippen molar-refractivity contribution in [2.24, 2.45) is 5.92 Å². The van der Waals surface area contributed by atoms with Gasteiger partial charge in [-0.05, 0) is 50.1 Å².